The Hall–Kier alpha value is -2.15. The topological polar surface area (TPSA) is 85.1 Å². The predicted octanol–water partition coefficient (Wildman–Crippen LogP) is 5.09. The van der Waals surface area contributed by atoms with Gasteiger partial charge in [-0.05, 0) is 37.2 Å². The summed E-state index contributed by atoms with van der Waals surface area (Å²) < 4.78 is 5.50. The highest BCUT2D eigenvalue weighted by Gasteiger charge is 2.27. The fraction of sp³-hybridized carbons (Fsp3) is 0.565. The number of amides is 1. The molecule has 2 aromatic rings. The molecule has 0 radical (unpaired) electrons. The number of unbranched alkanes of at least 4 members (excludes halogenated alkanes) is 2. The van der Waals surface area contributed by atoms with Crippen molar-refractivity contribution in [2.75, 3.05) is 0 Å². The first kappa shape index (κ1) is 24.1. The number of carbonyl (C=O) groups excluding carboxylic acids is 2. The fourth-order valence-electron chi connectivity index (χ4n) is 3.11. The SMILES string of the molecule is CC(C)CC(NC(=O)CCCCCc1ccccc1)C(=O)c1nnc(SC(C)C)o1. The van der Waals surface area contributed by atoms with Gasteiger partial charge < -0.3 is 9.73 Å². The third kappa shape index (κ3) is 8.69. The molecule has 0 saturated carbocycles. The Morgan fingerprint density at radius 2 is 1.77 bits per heavy atom. The molecule has 0 bridgehead atoms. The van der Waals surface area contributed by atoms with E-state index in [0.717, 1.165) is 25.7 Å². The molecule has 6 nitrogen and oxygen atoms in total. The van der Waals surface area contributed by atoms with Gasteiger partial charge in [0.1, 0.15) is 0 Å². The first-order valence-electron chi connectivity index (χ1n) is 10.7. The van der Waals surface area contributed by atoms with Crippen LogP contribution in [0, 0.1) is 5.92 Å². The maximum absolute atomic E-state index is 12.8. The van der Waals surface area contributed by atoms with Crippen molar-refractivity contribution in [2.45, 2.75) is 82.7 Å². The van der Waals surface area contributed by atoms with Crippen LogP contribution >= 0.6 is 11.8 Å². The van der Waals surface area contributed by atoms with Crippen LogP contribution in [0.15, 0.2) is 40.0 Å². The lowest BCUT2D eigenvalue weighted by Crippen LogP contribution is -2.41. The zero-order valence-corrected chi connectivity index (χ0v) is 19.2. The van der Waals surface area contributed by atoms with Gasteiger partial charge in [0.2, 0.25) is 11.7 Å². The van der Waals surface area contributed by atoms with Crippen LogP contribution < -0.4 is 5.32 Å². The Morgan fingerprint density at radius 1 is 1.03 bits per heavy atom. The standard InChI is InChI=1S/C23H33N3O3S/c1-16(2)15-19(21(28)22-25-26-23(29-22)30-17(3)4)24-20(27)14-10-6-9-13-18-11-7-5-8-12-18/h5,7-8,11-12,16-17,19H,6,9-10,13-15H2,1-4H3,(H,24,27). The summed E-state index contributed by atoms with van der Waals surface area (Å²) in [6.45, 7) is 8.06. The lowest BCUT2D eigenvalue weighted by molar-refractivity contribution is -0.121. The van der Waals surface area contributed by atoms with E-state index >= 15 is 0 Å². The van der Waals surface area contributed by atoms with Crippen LogP contribution in [0.5, 0.6) is 0 Å². The van der Waals surface area contributed by atoms with E-state index in [-0.39, 0.29) is 28.7 Å². The molecule has 0 saturated heterocycles. The number of rotatable bonds is 13. The summed E-state index contributed by atoms with van der Waals surface area (Å²) in [7, 11) is 0. The lowest BCUT2D eigenvalue weighted by Gasteiger charge is -2.18. The molecular weight excluding hydrogens is 398 g/mol. The fourth-order valence-corrected chi connectivity index (χ4v) is 3.73. The lowest BCUT2D eigenvalue weighted by atomic mass is 9.99. The minimum Gasteiger partial charge on any atom is -0.408 e. The number of Topliss-reactive ketones (excluding diaryl/α,β-unsaturated/α-hetero) is 1. The van der Waals surface area contributed by atoms with Gasteiger partial charge in [-0.15, -0.1) is 10.2 Å². The molecule has 0 aliphatic heterocycles. The van der Waals surface area contributed by atoms with Gasteiger partial charge >= 0.3 is 0 Å². The molecule has 0 aliphatic carbocycles. The van der Waals surface area contributed by atoms with Crippen molar-refractivity contribution in [2.24, 2.45) is 5.92 Å². The zero-order chi connectivity index (χ0) is 21.9. The summed E-state index contributed by atoms with van der Waals surface area (Å²) in [5.74, 6) is -0.209. The third-order valence-electron chi connectivity index (χ3n) is 4.52. The van der Waals surface area contributed by atoms with Gasteiger partial charge in [0.15, 0.2) is 0 Å². The maximum Gasteiger partial charge on any atom is 0.286 e. The summed E-state index contributed by atoms with van der Waals surface area (Å²) in [6, 6.07) is 9.71. The maximum atomic E-state index is 12.8. The second-order valence-corrected chi connectivity index (χ2v) is 9.73. The minimum atomic E-state index is -0.640. The number of nitrogens with one attached hydrogen (secondary N) is 1. The zero-order valence-electron chi connectivity index (χ0n) is 18.4. The monoisotopic (exact) mass is 431 g/mol. The molecule has 164 valence electrons. The summed E-state index contributed by atoms with van der Waals surface area (Å²) in [4.78, 5) is 25.2. The Kier molecular flexibility index (Phi) is 10.1. The Labute approximate surface area is 183 Å². The van der Waals surface area contributed by atoms with Crippen molar-refractivity contribution in [3.63, 3.8) is 0 Å². The van der Waals surface area contributed by atoms with Crippen molar-refractivity contribution >= 4 is 23.5 Å². The number of aryl methyl sites for hydroxylation is 1. The number of aromatic nitrogens is 2. The Morgan fingerprint density at radius 3 is 2.43 bits per heavy atom. The Balaban J connectivity index is 1.81. The van der Waals surface area contributed by atoms with Crippen LogP contribution in [0.1, 0.15) is 76.0 Å². The van der Waals surface area contributed by atoms with E-state index in [4.69, 9.17) is 4.42 Å². The average molecular weight is 432 g/mol. The summed E-state index contributed by atoms with van der Waals surface area (Å²) in [6.07, 6.45) is 4.79. The number of benzene rings is 1. The van der Waals surface area contributed by atoms with Crippen molar-refractivity contribution in [3.8, 4) is 0 Å². The summed E-state index contributed by atoms with van der Waals surface area (Å²) in [5.41, 5.74) is 1.32. The molecule has 1 aromatic carbocycles. The van der Waals surface area contributed by atoms with Gasteiger partial charge in [-0.2, -0.15) is 0 Å². The largest absolute Gasteiger partial charge is 0.408 e. The van der Waals surface area contributed by atoms with E-state index in [1.54, 1.807) is 0 Å². The molecule has 1 heterocycles. The molecule has 1 amide bonds. The van der Waals surface area contributed by atoms with Gasteiger partial charge in [0.05, 0.1) is 6.04 Å². The highest BCUT2D eigenvalue weighted by atomic mass is 32.2. The van der Waals surface area contributed by atoms with Gasteiger partial charge in [-0.3, -0.25) is 9.59 Å². The van der Waals surface area contributed by atoms with Crippen LogP contribution in [0.3, 0.4) is 0 Å². The van der Waals surface area contributed by atoms with E-state index in [1.807, 2.05) is 45.9 Å². The second-order valence-electron chi connectivity index (χ2n) is 8.20. The molecule has 30 heavy (non-hydrogen) atoms. The van der Waals surface area contributed by atoms with Crippen molar-refractivity contribution in [1.82, 2.24) is 15.5 Å². The summed E-state index contributed by atoms with van der Waals surface area (Å²) in [5, 5.41) is 11.3. The van der Waals surface area contributed by atoms with Crippen molar-refractivity contribution in [1.29, 1.82) is 0 Å². The van der Waals surface area contributed by atoms with Crippen molar-refractivity contribution in [3.05, 3.63) is 41.8 Å². The van der Waals surface area contributed by atoms with E-state index in [9.17, 15) is 9.59 Å². The quantitative estimate of drug-likeness (QED) is 0.270. The summed E-state index contributed by atoms with van der Waals surface area (Å²) >= 11 is 1.41. The van der Waals surface area contributed by atoms with Gasteiger partial charge in [0, 0.05) is 11.7 Å². The number of carbonyl (C=O) groups is 2. The van der Waals surface area contributed by atoms with Crippen LogP contribution in [0.2, 0.25) is 0 Å². The highest BCUT2D eigenvalue weighted by Crippen LogP contribution is 2.22. The normalized spacial score (nSPS) is 12.3. The van der Waals surface area contributed by atoms with Crippen molar-refractivity contribution < 1.29 is 14.0 Å². The van der Waals surface area contributed by atoms with Gasteiger partial charge in [0.25, 0.3) is 11.1 Å². The first-order chi connectivity index (χ1) is 14.3. The highest BCUT2D eigenvalue weighted by molar-refractivity contribution is 7.99. The molecule has 0 fully saturated rings. The number of ketones is 1. The number of nitrogens with zero attached hydrogens (tertiary/aromatic N) is 2. The molecule has 1 atom stereocenters. The van der Waals surface area contributed by atoms with E-state index in [2.05, 4.69) is 27.6 Å². The minimum absolute atomic E-state index is 0.0352. The molecule has 0 aliphatic rings. The van der Waals surface area contributed by atoms with Crippen LogP contribution in [-0.2, 0) is 11.2 Å². The molecule has 2 rings (SSSR count). The van der Waals surface area contributed by atoms with Crippen LogP contribution in [-0.4, -0.2) is 33.2 Å². The molecular formula is C23H33N3O3S. The third-order valence-corrected chi connectivity index (χ3v) is 5.36. The Bertz CT molecular complexity index is 790. The second kappa shape index (κ2) is 12.5. The van der Waals surface area contributed by atoms with Gasteiger partial charge in [-0.25, -0.2) is 0 Å². The molecule has 1 N–H and O–H groups in total. The molecule has 1 aromatic heterocycles. The number of hydrogen-bond acceptors (Lipinski definition) is 6. The molecule has 1 unspecified atom stereocenters. The van der Waals surface area contributed by atoms with E-state index in [0.29, 0.717) is 18.1 Å². The van der Waals surface area contributed by atoms with Crippen LogP contribution in [0.25, 0.3) is 0 Å². The van der Waals surface area contributed by atoms with E-state index < -0.39 is 6.04 Å². The van der Waals surface area contributed by atoms with Crippen LogP contribution in [0.4, 0.5) is 0 Å². The molecule has 0 spiro atoms. The predicted molar refractivity (Wildman–Crippen MR) is 120 cm³/mol. The number of thioether (sulfide) groups is 1. The first-order valence-corrected chi connectivity index (χ1v) is 11.6. The average Bonchev–Trinajstić information content (AvgIpc) is 3.14. The number of hydrogen-bond donors (Lipinski definition) is 1. The van der Waals surface area contributed by atoms with E-state index in [1.165, 1.54) is 17.3 Å². The molecule has 7 heteroatoms. The smallest absolute Gasteiger partial charge is 0.286 e. The van der Waals surface area contributed by atoms with Gasteiger partial charge in [-0.1, -0.05) is 76.2 Å².